The summed E-state index contributed by atoms with van der Waals surface area (Å²) in [4.78, 5) is 53.7. The van der Waals surface area contributed by atoms with Crippen LogP contribution < -0.4 is 21.3 Å². The summed E-state index contributed by atoms with van der Waals surface area (Å²) in [5, 5.41) is 24.2. The molecule has 0 bridgehead atoms. The van der Waals surface area contributed by atoms with Gasteiger partial charge in [-0.05, 0) is 113 Å². The van der Waals surface area contributed by atoms with Gasteiger partial charge in [-0.1, -0.05) is 107 Å². The molecule has 1 aliphatic carbocycles. The van der Waals surface area contributed by atoms with Gasteiger partial charge in [0.05, 0.1) is 32.8 Å². The average molecular weight is 1040 g/mol. The zero-order chi connectivity index (χ0) is 48.5. The maximum atomic E-state index is 13.5. The van der Waals surface area contributed by atoms with Crippen molar-refractivity contribution in [1.29, 1.82) is 0 Å². The predicted octanol–water partition coefficient (Wildman–Crippen LogP) is 11.7. The van der Waals surface area contributed by atoms with Gasteiger partial charge < -0.3 is 21.3 Å². The van der Waals surface area contributed by atoms with Crippen molar-refractivity contribution in [2.75, 3.05) is 26.2 Å². The van der Waals surface area contributed by atoms with Gasteiger partial charge in [-0.2, -0.15) is 10.2 Å². The number of unbranched alkanes of at least 4 members (excludes halogenated alkanes) is 2. The van der Waals surface area contributed by atoms with E-state index in [-0.39, 0.29) is 35.0 Å². The lowest BCUT2D eigenvalue weighted by molar-refractivity contribution is -0.136. The lowest BCUT2D eigenvalue weighted by Crippen LogP contribution is -2.44. The van der Waals surface area contributed by atoms with E-state index in [1.807, 2.05) is 38.1 Å². The lowest BCUT2D eigenvalue weighted by Gasteiger charge is -2.29. The summed E-state index contributed by atoms with van der Waals surface area (Å²) in [7, 11) is 0. The number of aromatic nitrogens is 4. The van der Waals surface area contributed by atoms with Gasteiger partial charge in [-0.3, -0.25) is 19.2 Å². The number of carbonyl (C=O) groups excluding carboxylic acids is 4. The molecule has 12 nitrogen and oxygen atoms in total. The molecular formula is C50H50Cl6N8O4. The second-order valence-electron chi connectivity index (χ2n) is 16.7. The highest BCUT2D eigenvalue weighted by atomic mass is 35.5. The molecular weight excluding hydrogens is 989 g/mol. The molecule has 356 valence electrons. The molecule has 1 saturated carbocycles. The van der Waals surface area contributed by atoms with Crippen LogP contribution in [0.2, 0.25) is 30.1 Å². The lowest BCUT2D eigenvalue weighted by atomic mass is 9.78. The van der Waals surface area contributed by atoms with Crippen LogP contribution in [-0.4, -0.2) is 69.4 Å². The molecule has 0 unspecified atom stereocenters. The summed E-state index contributed by atoms with van der Waals surface area (Å²) >= 11 is 37.8. The van der Waals surface area contributed by atoms with Gasteiger partial charge in [0.25, 0.3) is 11.8 Å². The second kappa shape index (κ2) is 23.5. The third-order valence-corrected chi connectivity index (χ3v) is 13.6. The molecule has 4 amide bonds. The quantitative estimate of drug-likeness (QED) is 0.0629. The molecule has 68 heavy (non-hydrogen) atoms. The van der Waals surface area contributed by atoms with Crippen LogP contribution in [0.15, 0.2) is 84.9 Å². The first-order chi connectivity index (χ1) is 32.7. The maximum Gasteiger partial charge on any atom is 0.272 e. The monoisotopic (exact) mass is 1040 g/mol. The summed E-state index contributed by atoms with van der Waals surface area (Å²) in [6, 6.07) is 24.7. The van der Waals surface area contributed by atoms with Gasteiger partial charge in [-0.15, -0.1) is 0 Å². The third kappa shape index (κ3) is 12.2. The minimum Gasteiger partial charge on any atom is -0.356 e. The summed E-state index contributed by atoms with van der Waals surface area (Å²) in [6.07, 6.45) is 5.48. The fourth-order valence-corrected chi connectivity index (χ4v) is 9.72. The minimum absolute atomic E-state index is 0.136. The molecule has 4 aromatic carbocycles. The van der Waals surface area contributed by atoms with Gasteiger partial charge in [0.15, 0.2) is 11.4 Å². The predicted molar refractivity (Wildman–Crippen MR) is 272 cm³/mol. The zero-order valence-corrected chi connectivity index (χ0v) is 41.9. The highest BCUT2D eigenvalue weighted by Gasteiger charge is 2.35. The number of amides is 4. The SMILES string of the molecule is Cc1c(C(=O)NCCCCNC(=O)[C@H]2CCCC[C@@H]2C(=O)NCCCCNC(=O)c2nn(-c3ccc(Cl)cc3Cl)c(-c3ccc(Cl)cc3)c2C)nn(-c2ccc(Cl)cc2Cl)c1-c1ccc(Cl)cc1. The Morgan fingerprint density at radius 1 is 0.500 bits per heavy atom. The molecule has 2 aromatic heterocycles. The van der Waals surface area contributed by atoms with E-state index in [1.165, 1.54) is 0 Å². The van der Waals surface area contributed by atoms with Crippen molar-refractivity contribution >= 4 is 93.2 Å². The van der Waals surface area contributed by atoms with E-state index < -0.39 is 11.8 Å². The van der Waals surface area contributed by atoms with Gasteiger partial charge >= 0.3 is 0 Å². The third-order valence-electron chi connectivity index (χ3n) is 12.0. The number of carbonyl (C=O) groups is 4. The topological polar surface area (TPSA) is 152 Å². The van der Waals surface area contributed by atoms with E-state index in [0.717, 1.165) is 24.0 Å². The Kier molecular flexibility index (Phi) is 17.5. The Morgan fingerprint density at radius 2 is 0.838 bits per heavy atom. The number of halogens is 6. The first-order valence-electron chi connectivity index (χ1n) is 22.5. The van der Waals surface area contributed by atoms with Crippen molar-refractivity contribution < 1.29 is 19.2 Å². The van der Waals surface area contributed by atoms with Crippen molar-refractivity contribution in [2.24, 2.45) is 11.8 Å². The van der Waals surface area contributed by atoms with Crippen molar-refractivity contribution in [1.82, 2.24) is 40.8 Å². The highest BCUT2D eigenvalue weighted by molar-refractivity contribution is 6.36. The fourth-order valence-electron chi connectivity index (χ4n) is 8.49. The molecule has 0 aliphatic heterocycles. The molecule has 18 heteroatoms. The van der Waals surface area contributed by atoms with E-state index in [2.05, 4.69) is 31.5 Å². The number of nitrogens with zero attached hydrogens (tertiary/aromatic N) is 4. The number of hydrogen-bond acceptors (Lipinski definition) is 6. The molecule has 0 spiro atoms. The van der Waals surface area contributed by atoms with E-state index >= 15 is 0 Å². The van der Waals surface area contributed by atoms with E-state index in [0.29, 0.717) is 129 Å². The summed E-state index contributed by atoms with van der Waals surface area (Å²) in [6.45, 7) is 5.22. The van der Waals surface area contributed by atoms with E-state index in [4.69, 9.17) is 69.6 Å². The largest absolute Gasteiger partial charge is 0.356 e. The van der Waals surface area contributed by atoms with Crippen molar-refractivity contribution in [2.45, 2.75) is 65.2 Å². The molecule has 6 aromatic rings. The summed E-state index contributed by atoms with van der Waals surface area (Å²) in [5.41, 5.74) is 5.98. The molecule has 1 fully saturated rings. The number of rotatable bonds is 18. The number of hydrogen-bond donors (Lipinski definition) is 4. The summed E-state index contributed by atoms with van der Waals surface area (Å²) < 4.78 is 3.28. The molecule has 4 N–H and O–H groups in total. The first-order valence-corrected chi connectivity index (χ1v) is 24.7. The van der Waals surface area contributed by atoms with Crippen LogP contribution in [0.3, 0.4) is 0 Å². The standard InChI is InChI=1S/C50H50Cl6N8O4/c1-29-43(61-63(41-21-19-35(53)27-39(41)55)45(29)31-11-15-33(51)16-12-31)49(67)59-25-7-5-23-57-47(65)37-9-3-4-10-38(37)48(66)58-24-6-8-26-60-50(68)44-30(2)46(32-13-17-34(52)18-14-32)64(62-44)42-22-20-36(54)28-40(42)56/h11-22,27-28,37-38H,3-10,23-26H2,1-2H3,(H,57,65)(H,58,66)(H,59,67)(H,60,68)/t37-,38-/m0/s1. The minimum atomic E-state index is -0.423. The Balaban J connectivity index is 0.850. The highest BCUT2D eigenvalue weighted by Crippen LogP contribution is 2.36. The van der Waals surface area contributed by atoms with Crippen molar-refractivity contribution in [3.05, 3.63) is 138 Å². The van der Waals surface area contributed by atoms with Gasteiger partial charge in [0, 0.05) is 80.4 Å². The normalized spacial score (nSPS) is 14.6. The summed E-state index contributed by atoms with van der Waals surface area (Å²) in [5.74, 6) is -1.79. The van der Waals surface area contributed by atoms with Crippen molar-refractivity contribution in [3.63, 3.8) is 0 Å². The van der Waals surface area contributed by atoms with Crippen LogP contribution in [0.25, 0.3) is 33.9 Å². The van der Waals surface area contributed by atoms with Gasteiger partial charge in [0.1, 0.15) is 0 Å². The van der Waals surface area contributed by atoms with Crippen LogP contribution in [0, 0.1) is 25.7 Å². The molecule has 1 aliphatic rings. The van der Waals surface area contributed by atoms with Crippen LogP contribution in [-0.2, 0) is 9.59 Å². The van der Waals surface area contributed by atoms with Crippen LogP contribution in [0.4, 0.5) is 0 Å². The molecule has 7 rings (SSSR count). The number of benzene rings is 4. The average Bonchev–Trinajstić information content (AvgIpc) is 3.84. The molecule has 0 saturated heterocycles. The fraction of sp³-hybridized carbons (Fsp3) is 0.320. The van der Waals surface area contributed by atoms with Gasteiger partial charge in [-0.25, -0.2) is 9.36 Å². The molecule has 2 heterocycles. The Hall–Kier alpha value is -5.08. The Morgan fingerprint density at radius 3 is 1.19 bits per heavy atom. The van der Waals surface area contributed by atoms with Gasteiger partial charge in [0.2, 0.25) is 11.8 Å². The van der Waals surface area contributed by atoms with Crippen LogP contribution in [0.5, 0.6) is 0 Å². The van der Waals surface area contributed by atoms with Crippen molar-refractivity contribution in [3.8, 4) is 33.9 Å². The van der Waals surface area contributed by atoms with Crippen LogP contribution in [0.1, 0.15) is 83.5 Å². The molecule has 0 radical (unpaired) electrons. The van der Waals surface area contributed by atoms with E-state index in [9.17, 15) is 19.2 Å². The van der Waals surface area contributed by atoms with Crippen LogP contribution >= 0.6 is 69.6 Å². The second-order valence-corrected chi connectivity index (χ2v) is 19.2. The van der Waals surface area contributed by atoms with E-state index in [1.54, 1.807) is 70.0 Å². The Labute approximate surface area is 425 Å². The zero-order valence-electron chi connectivity index (χ0n) is 37.4. The Bertz CT molecular complexity index is 2600. The smallest absolute Gasteiger partial charge is 0.272 e. The number of nitrogens with one attached hydrogen (secondary N) is 4. The first kappa shape index (κ1) is 50.8. The maximum absolute atomic E-state index is 13.5. The molecule has 2 atom stereocenters.